The van der Waals surface area contributed by atoms with Crippen LogP contribution < -0.4 is 4.72 Å². The average molecular weight is 332 g/mol. The number of carboxylic acids is 1. The van der Waals surface area contributed by atoms with Crippen LogP contribution in [0.4, 0.5) is 5.69 Å². The standard InChI is InChI=1S/C12H10ClNO4S2/c1-7-5-10(19-11(7)13)20(17,18)14-9-4-2-3-8(6-9)12(15)16/h2-6,14H,1H3,(H,15,16). The molecule has 8 heteroatoms. The van der Waals surface area contributed by atoms with Crippen LogP contribution in [0.3, 0.4) is 0 Å². The third kappa shape index (κ3) is 3.12. The number of rotatable bonds is 4. The van der Waals surface area contributed by atoms with Crippen molar-refractivity contribution in [3.8, 4) is 0 Å². The predicted molar refractivity (Wildman–Crippen MR) is 78.3 cm³/mol. The van der Waals surface area contributed by atoms with Crippen molar-refractivity contribution in [3.05, 3.63) is 45.8 Å². The van der Waals surface area contributed by atoms with Gasteiger partial charge in [-0.25, -0.2) is 13.2 Å². The van der Waals surface area contributed by atoms with Crippen LogP contribution in [0.2, 0.25) is 4.34 Å². The van der Waals surface area contributed by atoms with Gasteiger partial charge in [0.15, 0.2) is 0 Å². The summed E-state index contributed by atoms with van der Waals surface area (Å²) in [6, 6.07) is 7.05. The van der Waals surface area contributed by atoms with Gasteiger partial charge in [-0.15, -0.1) is 11.3 Å². The molecule has 1 aromatic carbocycles. The number of nitrogens with one attached hydrogen (secondary N) is 1. The van der Waals surface area contributed by atoms with Crippen LogP contribution in [0.1, 0.15) is 15.9 Å². The molecule has 0 fully saturated rings. The van der Waals surface area contributed by atoms with Crippen LogP contribution in [-0.2, 0) is 10.0 Å². The summed E-state index contributed by atoms with van der Waals surface area (Å²) >= 11 is 6.80. The maximum absolute atomic E-state index is 12.1. The maximum Gasteiger partial charge on any atom is 0.335 e. The minimum Gasteiger partial charge on any atom is -0.478 e. The molecule has 0 saturated carbocycles. The van der Waals surface area contributed by atoms with Gasteiger partial charge in [0.05, 0.1) is 9.90 Å². The zero-order valence-electron chi connectivity index (χ0n) is 10.3. The van der Waals surface area contributed by atoms with E-state index in [9.17, 15) is 13.2 Å². The number of sulfonamides is 1. The van der Waals surface area contributed by atoms with Crippen LogP contribution in [0, 0.1) is 6.92 Å². The number of thiophene rings is 1. The number of anilines is 1. The van der Waals surface area contributed by atoms with Gasteiger partial charge in [0.1, 0.15) is 4.21 Å². The molecule has 20 heavy (non-hydrogen) atoms. The minimum atomic E-state index is -3.77. The van der Waals surface area contributed by atoms with Crippen molar-refractivity contribution >= 4 is 44.6 Å². The summed E-state index contributed by atoms with van der Waals surface area (Å²) in [5, 5.41) is 8.87. The SMILES string of the molecule is Cc1cc(S(=O)(=O)Nc2cccc(C(=O)O)c2)sc1Cl. The van der Waals surface area contributed by atoms with Gasteiger partial charge in [0, 0.05) is 5.69 Å². The summed E-state index contributed by atoms with van der Waals surface area (Å²) in [4.78, 5) is 10.8. The fourth-order valence-electron chi connectivity index (χ4n) is 1.49. The number of aryl methyl sites for hydroxylation is 1. The van der Waals surface area contributed by atoms with Crippen molar-refractivity contribution < 1.29 is 18.3 Å². The average Bonchev–Trinajstić information content (AvgIpc) is 2.70. The lowest BCUT2D eigenvalue weighted by molar-refractivity contribution is 0.0697. The molecule has 2 rings (SSSR count). The fourth-order valence-corrected chi connectivity index (χ4v) is 4.24. The molecule has 106 valence electrons. The molecule has 2 aromatic rings. The molecule has 0 radical (unpaired) electrons. The van der Waals surface area contributed by atoms with Crippen molar-refractivity contribution in [1.82, 2.24) is 0 Å². The van der Waals surface area contributed by atoms with E-state index in [1.165, 1.54) is 30.3 Å². The maximum atomic E-state index is 12.1. The summed E-state index contributed by atoms with van der Waals surface area (Å²) in [6.45, 7) is 1.71. The van der Waals surface area contributed by atoms with E-state index in [1.54, 1.807) is 6.92 Å². The van der Waals surface area contributed by atoms with E-state index >= 15 is 0 Å². The highest BCUT2D eigenvalue weighted by atomic mass is 35.5. The Hall–Kier alpha value is -1.57. The van der Waals surface area contributed by atoms with Crippen LogP contribution in [0.25, 0.3) is 0 Å². The summed E-state index contributed by atoms with van der Waals surface area (Å²) in [5.74, 6) is -1.12. The van der Waals surface area contributed by atoms with Crippen LogP contribution in [0.5, 0.6) is 0 Å². The molecule has 5 nitrogen and oxygen atoms in total. The van der Waals surface area contributed by atoms with Crippen LogP contribution in [0.15, 0.2) is 34.5 Å². The molecule has 0 spiro atoms. The van der Waals surface area contributed by atoms with E-state index in [4.69, 9.17) is 16.7 Å². The molecule has 0 saturated heterocycles. The normalized spacial score (nSPS) is 11.3. The molecule has 0 aliphatic heterocycles. The number of benzene rings is 1. The molecule has 0 atom stereocenters. The minimum absolute atomic E-state index is 0.00518. The predicted octanol–water partition coefficient (Wildman–Crippen LogP) is 3.21. The number of carbonyl (C=O) groups is 1. The summed E-state index contributed by atoms with van der Waals surface area (Å²) < 4.78 is 27.1. The summed E-state index contributed by atoms with van der Waals surface area (Å²) in [6.07, 6.45) is 0. The first kappa shape index (κ1) is 14.8. The van der Waals surface area contributed by atoms with E-state index in [-0.39, 0.29) is 15.5 Å². The van der Waals surface area contributed by atoms with Crippen molar-refractivity contribution in [1.29, 1.82) is 0 Å². The first-order valence-electron chi connectivity index (χ1n) is 5.42. The molecule has 2 N–H and O–H groups in total. The largest absolute Gasteiger partial charge is 0.478 e. The number of aromatic carboxylic acids is 1. The fraction of sp³-hybridized carbons (Fsp3) is 0.0833. The molecule has 1 aromatic heterocycles. The van der Waals surface area contributed by atoms with Gasteiger partial charge in [-0.05, 0) is 36.8 Å². The Kier molecular flexibility index (Phi) is 4.03. The Labute approximate surface area is 124 Å². The van der Waals surface area contributed by atoms with Crippen molar-refractivity contribution in [2.24, 2.45) is 0 Å². The second-order valence-electron chi connectivity index (χ2n) is 4.01. The number of carboxylic acid groups (broad SMARTS) is 1. The zero-order valence-corrected chi connectivity index (χ0v) is 12.6. The third-order valence-corrected chi connectivity index (χ3v) is 5.87. The Balaban J connectivity index is 2.33. The number of hydrogen-bond acceptors (Lipinski definition) is 4. The zero-order chi connectivity index (χ0) is 14.9. The lowest BCUT2D eigenvalue weighted by Gasteiger charge is -2.06. The van der Waals surface area contributed by atoms with Crippen molar-refractivity contribution in [2.45, 2.75) is 11.1 Å². The Morgan fingerprint density at radius 3 is 2.60 bits per heavy atom. The summed E-state index contributed by atoms with van der Waals surface area (Å²) in [7, 11) is -3.77. The molecule has 0 amide bonds. The van der Waals surface area contributed by atoms with Gasteiger partial charge in [0.25, 0.3) is 10.0 Å². The highest BCUT2D eigenvalue weighted by molar-refractivity contribution is 7.94. The third-order valence-electron chi connectivity index (χ3n) is 2.46. The Bertz CT molecular complexity index is 748. The molecule has 1 heterocycles. The van der Waals surface area contributed by atoms with E-state index in [0.29, 0.717) is 9.90 Å². The smallest absolute Gasteiger partial charge is 0.335 e. The van der Waals surface area contributed by atoms with Gasteiger partial charge in [-0.1, -0.05) is 17.7 Å². The molecule has 0 aliphatic rings. The van der Waals surface area contributed by atoms with Crippen LogP contribution >= 0.6 is 22.9 Å². The quantitative estimate of drug-likeness (QED) is 0.901. The second kappa shape index (κ2) is 5.43. The van der Waals surface area contributed by atoms with E-state index in [0.717, 1.165) is 11.3 Å². The molecular formula is C12H10ClNO4S2. The first-order chi connectivity index (χ1) is 9.29. The van der Waals surface area contributed by atoms with E-state index in [2.05, 4.69) is 4.72 Å². The van der Waals surface area contributed by atoms with Crippen molar-refractivity contribution in [2.75, 3.05) is 4.72 Å². The molecule has 0 unspecified atom stereocenters. The van der Waals surface area contributed by atoms with Gasteiger partial charge in [0.2, 0.25) is 0 Å². The van der Waals surface area contributed by atoms with Gasteiger partial charge >= 0.3 is 5.97 Å². The lowest BCUT2D eigenvalue weighted by Crippen LogP contribution is -2.12. The highest BCUT2D eigenvalue weighted by Crippen LogP contribution is 2.31. The number of hydrogen-bond donors (Lipinski definition) is 2. The van der Waals surface area contributed by atoms with Gasteiger partial charge < -0.3 is 5.11 Å². The topological polar surface area (TPSA) is 83.5 Å². The summed E-state index contributed by atoms with van der Waals surface area (Å²) in [5.41, 5.74) is 0.869. The number of halogens is 1. The second-order valence-corrected chi connectivity index (χ2v) is 7.58. The van der Waals surface area contributed by atoms with Crippen LogP contribution in [-0.4, -0.2) is 19.5 Å². The van der Waals surface area contributed by atoms with Gasteiger partial charge in [-0.3, -0.25) is 4.72 Å². The monoisotopic (exact) mass is 331 g/mol. The lowest BCUT2D eigenvalue weighted by atomic mass is 10.2. The van der Waals surface area contributed by atoms with Gasteiger partial charge in [-0.2, -0.15) is 0 Å². The molecular weight excluding hydrogens is 322 g/mol. The van der Waals surface area contributed by atoms with Crippen molar-refractivity contribution in [3.63, 3.8) is 0 Å². The Morgan fingerprint density at radius 1 is 1.35 bits per heavy atom. The Morgan fingerprint density at radius 2 is 2.05 bits per heavy atom. The van der Waals surface area contributed by atoms with E-state index < -0.39 is 16.0 Å². The molecule has 0 aliphatic carbocycles. The first-order valence-corrected chi connectivity index (χ1v) is 8.09. The highest BCUT2D eigenvalue weighted by Gasteiger charge is 2.19. The van der Waals surface area contributed by atoms with E-state index in [1.807, 2.05) is 0 Å². The molecule has 0 bridgehead atoms.